The number of anilines is 3. The fourth-order valence-electron chi connectivity index (χ4n) is 4.09. The molecule has 0 saturated heterocycles. The number of allylic oxidation sites excluding steroid dienone is 1. The van der Waals surface area contributed by atoms with Gasteiger partial charge in [-0.15, -0.1) is 0 Å². The molecule has 1 fully saturated rings. The summed E-state index contributed by atoms with van der Waals surface area (Å²) in [6, 6.07) is 5.15. The Bertz CT molecular complexity index is 1150. The molecule has 11 heteroatoms. The van der Waals surface area contributed by atoms with Gasteiger partial charge in [-0.05, 0) is 60.9 Å². The second-order valence-corrected chi connectivity index (χ2v) is 8.82. The summed E-state index contributed by atoms with van der Waals surface area (Å²) >= 11 is 0. The quantitative estimate of drug-likeness (QED) is 0.463. The molecule has 0 spiro atoms. The third kappa shape index (κ3) is 5.90. The third-order valence-corrected chi connectivity index (χ3v) is 6.17. The van der Waals surface area contributed by atoms with E-state index >= 15 is 0 Å². The lowest BCUT2D eigenvalue weighted by atomic mass is 9.84. The number of fused-ring (bicyclic) bond motifs is 1. The summed E-state index contributed by atoms with van der Waals surface area (Å²) in [4.78, 5) is 31.2. The molecule has 4 rings (SSSR count). The number of amides is 2. The predicted octanol–water partition coefficient (Wildman–Crippen LogP) is 4.30. The SMILES string of the molecule is C=C1CC[C@H](NC(=O)CNC(C)=O)c2ccc(Nc3ncc(C(F)(F)F)c(NC4CCC4)n3)cc21. The Labute approximate surface area is 200 Å². The zero-order valence-electron chi connectivity index (χ0n) is 19.3. The Hall–Kier alpha value is -3.63. The Balaban J connectivity index is 1.53. The van der Waals surface area contributed by atoms with Crippen molar-refractivity contribution in [3.05, 3.63) is 47.7 Å². The second-order valence-electron chi connectivity index (χ2n) is 8.82. The topological polar surface area (TPSA) is 108 Å². The largest absolute Gasteiger partial charge is 0.421 e. The van der Waals surface area contributed by atoms with E-state index in [0.29, 0.717) is 18.5 Å². The molecule has 2 aliphatic carbocycles. The summed E-state index contributed by atoms with van der Waals surface area (Å²) in [5.74, 6) is -0.773. The van der Waals surface area contributed by atoms with Crippen LogP contribution in [0, 0.1) is 0 Å². The van der Waals surface area contributed by atoms with Gasteiger partial charge in [0, 0.05) is 24.8 Å². The highest BCUT2D eigenvalue weighted by Gasteiger charge is 2.36. The standard InChI is InChI=1S/C24H27F3N6O2/c1-13-6-9-20(32-21(35)12-28-14(2)34)17-8-7-16(10-18(13)17)31-23-29-11-19(24(25,26)27)22(33-23)30-15-4-3-5-15/h7-8,10-11,15,20H,1,3-6,9,12H2,2H3,(H,28,34)(H,32,35)(H2,29,30,31,33)/t20-/m0/s1. The monoisotopic (exact) mass is 488 g/mol. The molecule has 2 aliphatic rings. The van der Waals surface area contributed by atoms with Crippen LogP contribution < -0.4 is 21.3 Å². The Morgan fingerprint density at radius 3 is 2.63 bits per heavy atom. The lowest BCUT2D eigenvalue weighted by Gasteiger charge is -2.29. The first kappa shape index (κ1) is 24.5. The van der Waals surface area contributed by atoms with Crippen molar-refractivity contribution in [3.8, 4) is 0 Å². The molecule has 1 saturated carbocycles. The highest BCUT2D eigenvalue weighted by molar-refractivity contribution is 5.84. The maximum absolute atomic E-state index is 13.4. The summed E-state index contributed by atoms with van der Waals surface area (Å²) in [5.41, 5.74) is 2.29. The predicted molar refractivity (Wildman–Crippen MR) is 126 cm³/mol. The molecule has 4 N–H and O–H groups in total. The number of hydrogen-bond donors (Lipinski definition) is 4. The Kier molecular flexibility index (Phi) is 6.95. The van der Waals surface area contributed by atoms with Crippen molar-refractivity contribution in [2.24, 2.45) is 0 Å². The van der Waals surface area contributed by atoms with E-state index < -0.39 is 11.7 Å². The Morgan fingerprint density at radius 2 is 1.97 bits per heavy atom. The van der Waals surface area contributed by atoms with Gasteiger partial charge < -0.3 is 21.3 Å². The number of hydrogen-bond acceptors (Lipinski definition) is 6. The first-order chi connectivity index (χ1) is 16.6. The number of alkyl halides is 3. The first-order valence-electron chi connectivity index (χ1n) is 11.4. The molecule has 1 heterocycles. The van der Waals surface area contributed by atoms with Crippen molar-refractivity contribution in [2.45, 2.75) is 57.3 Å². The van der Waals surface area contributed by atoms with Crippen LogP contribution >= 0.6 is 0 Å². The van der Waals surface area contributed by atoms with E-state index in [1.54, 1.807) is 6.07 Å². The molecular weight excluding hydrogens is 461 g/mol. The van der Waals surface area contributed by atoms with Crippen LogP contribution in [0.25, 0.3) is 5.57 Å². The molecule has 1 aromatic heterocycles. The van der Waals surface area contributed by atoms with Gasteiger partial charge in [-0.2, -0.15) is 18.2 Å². The van der Waals surface area contributed by atoms with Crippen molar-refractivity contribution in [2.75, 3.05) is 17.2 Å². The van der Waals surface area contributed by atoms with E-state index in [9.17, 15) is 22.8 Å². The van der Waals surface area contributed by atoms with Crippen LogP contribution in [0.2, 0.25) is 0 Å². The van der Waals surface area contributed by atoms with Gasteiger partial charge in [0.15, 0.2) is 0 Å². The fourth-order valence-corrected chi connectivity index (χ4v) is 4.09. The number of nitrogens with zero attached hydrogens (tertiary/aromatic N) is 2. The van der Waals surface area contributed by atoms with E-state index in [1.165, 1.54) is 6.92 Å². The summed E-state index contributed by atoms with van der Waals surface area (Å²) in [5, 5.41) is 11.3. The minimum atomic E-state index is -4.56. The highest BCUT2D eigenvalue weighted by Crippen LogP contribution is 2.39. The van der Waals surface area contributed by atoms with Gasteiger partial charge in [-0.1, -0.05) is 12.6 Å². The summed E-state index contributed by atoms with van der Waals surface area (Å²) < 4.78 is 40.3. The minimum absolute atomic E-state index is 0.0243. The zero-order valence-corrected chi connectivity index (χ0v) is 19.3. The number of halogens is 3. The van der Waals surface area contributed by atoms with Gasteiger partial charge in [0.25, 0.3) is 0 Å². The molecular formula is C24H27F3N6O2. The van der Waals surface area contributed by atoms with Crippen molar-refractivity contribution in [3.63, 3.8) is 0 Å². The average molecular weight is 489 g/mol. The minimum Gasteiger partial charge on any atom is -0.367 e. The van der Waals surface area contributed by atoms with Gasteiger partial charge in [-0.25, -0.2) is 4.98 Å². The van der Waals surface area contributed by atoms with Crippen LogP contribution in [0.15, 0.2) is 31.0 Å². The molecule has 1 atom stereocenters. The van der Waals surface area contributed by atoms with E-state index in [4.69, 9.17) is 0 Å². The van der Waals surface area contributed by atoms with Crippen LogP contribution in [0.4, 0.5) is 30.6 Å². The van der Waals surface area contributed by atoms with Crippen molar-refractivity contribution in [1.29, 1.82) is 0 Å². The van der Waals surface area contributed by atoms with E-state index in [2.05, 4.69) is 37.8 Å². The first-order valence-corrected chi connectivity index (χ1v) is 11.4. The summed E-state index contributed by atoms with van der Waals surface area (Å²) in [6.07, 6.45) is 0.139. The number of carbonyl (C=O) groups excluding carboxylic acids is 2. The molecule has 0 unspecified atom stereocenters. The van der Waals surface area contributed by atoms with Crippen LogP contribution in [0.3, 0.4) is 0 Å². The lowest BCUT2D eigenvalue weighted by Crippen LogP contribution is -2.38. The summed E-state index contributed by atoms with van der Waals surface area (Å²) in [7, 11) is 0. The average Bonchev–Trinajstić information content (AvgIpc) is 2.76. The van der Waals surface area contributed by atoms with Crippen LogP contribution in [-0.2, 0) is 15.8 Å². The molecule has 2 amide bonds. The van der Waals surface area contributed by atoms with Gasteiger partial charge in [0.1, 0.15) is 11.4 Å². The van der Waals surface area contributed by atoms with E-state index in [1.807, 2.05) is 12.1 Å². The van der Waals surface area contributed by atoms with Crippen molar-refractivity contribution >= 4 is 34.8 Å². The zero-order chi connectivity index (χ0) is 25.2. The number of nitrogens with one attached hydrogen (secondary N) is 4. The molecule has 1 aromatic carbocycles. The van der Waals surface area contributed by atoms with Gasteiger partial charge in [0.2, 0.25) is 17.8 Å². The molecule has 2 aromatic rings. The van der Waals surface area contributed by atoms with Gasteiger partial charge in [-0.3, -0.25) is 9.59 Å². The van der Waals surface area contributed by atoms with Gasteiger partial charge in [0.05, 0.1) is 12.6 Å². The molecule has 0 aliphatic heterocycles. The lowest BCUT2D eigenvalue weighted by molar-refractivity contribution is -0.137. The van der Waals surface area contributed by atoms with Crippen LogP contribution in [0.1, 0.15) is 61.8 Å². The van der Waals surface area contributed by atoms with Gasteiger partial charge >= 0.3 is 6.18 Å². The number of carbonyl (C=O) groups is 2. The van der Waals surface area contributed by atoms with Crippen molar-refractivity contribution in [1.82, 2.24) is 20.6 Å². The number of rotatable bonds is 7. The molecule has 8 nitrogen and oxygen atoms in total. The third-order valence-electron chi connectivity index (χ3n) is 6.17. The molecule has 186 valence electrons. The van der Waals surface area contributed by atoms with Crippen LogP contribution in [-0.4, -0.2) is 34.4 Å². The second kappa shape index (κ2) is 9.93. The molecule has 0 radical (unpaired) electrons. The van der Waals surface area contributed by atoms with Crippen molar-refractivity contribution < 1.29 is 22.8 Å². The molecule has 35 heavy (non-hydrogen) atoms. The smallest absolute Gasteiger partial charge is 0.367 e. The maximum atomic E-state index is 13.4. The molecule has 0 bridgehead atoms. The van der Waals surface area contributed by atoms with E-state index in [0.717, 1.165) is 42.2 Å². The number of benzene rings is 1. The Morgan fingerprint density at radius 1 is 1.20 bits per heavy atom. The summed E-state index contributed by atoms with van der Waals surface area (Å²) in [6.45, 7) is 5.35. The number of aromatic nitrogens is 2. The van der Waals surface area contributed by atoms with E-state index in [-0.39, 0.29) is 42.2 Å². The maximum Gasteiger partial charge on any atom is 0.421 e. The fraction of sp³-hybridized carbons (Fsp3) is 0.417. The normalized spacial score (nSPS) is 17.7. The highest BCUT2D eigenvalue weighted by atomic mass is 19.4. The van der Waals surface area contributed by atoms with Crippen LogP contribution in [0.5, 0.6) is 0 Å².